The number of aliphatic hydroxyl groups is 1. The second-order valence-corrected chi connectivity index (χ2v) is 7.64. The van der Waals surface area contributed by atoms with Crippen molar-refractivity contribution in [3.05, 3.63) is 71.5 Å². The highest BCUT2D eigenvalue weighted by Gasteiger charge is 2.22. The zero-order valence-electron chi connectivity index (χ0n) is 17.1. The molecule has 3 aromatic rings. The number of carboxylic acids is 1. The first kappa shape index (κ1) is 23.0. The average Bonchev–Trinajstić information content (AvgIpc) is 3.17. The van der Waals surface area contributed by atoms with Crippen molar-refractivity contribution in [1.82, 2.24) is 20.1 Å². The van der Waals surface area contributed by atoms with Gasteiger partial charge < -0.3 is 25.4 Å². The van der Waals surface area contributed by atoms with Crippen LogP contribution in [0.2, 0.25) is 0 Å². The number of nitrogens with one attached hydrogen (secondary N) is 2. The molecular weight excluding hydrogens is 434 g/mol. The van der Waals surface area contributed by atoms with Crippen LogP contribution in [-0.4, -0.2) is 55.1 Å². The summed E-state index contributed by atoms with van der Waals surface area (Å²) in [7, 11) is 1.68. The van der Waals surface area contributed by atoms with Gasteiger partial charge in [0.25, 0.3) is 5.91 Å². The van der Waals surface area contributed by atoms with Gasteiger partial charge in [-0.1, -0.05) is 30.0 Å². The van der Waals surface area contributed by atoms with Crippen LogP contribution in [0.1, 0.15) is 32.6 Å². The van der Waals surface area contributed by atoms with E-state index in [1.807, 2.05) is 0 Å². The highest BCUT2D eigenvalue weighted by Crippen LogP contribution is 2.20. The maximum Gasteiger partial charge on any atom is 0.335 e. The number of amides is 2. The van der Waals surface area contributed by atoms with Crippen molar-refractivity contribution in [2.24, 2.45) is 7.05 Å². The van der Waals surface area contributed by atoms with Gasteiger partial charge >= 0.3 is 5.97 Å². The van der Waals surface area contributed by atoms with Gasteiger partial charge in [0.1, 0.15) is 6.04 Å². The molecule has 0 spiro atoms. The summed E-state index contributed by atoms with van der Waals surface area (Å²) >= 11 is 1.14. The fraction of sp³-hybridized carbons (Fsp3) is 0.190. The van der Waals surface area contributed by atoms with Crippen LogP contribution < -0.4 is 10.6 Å². The van der Waals surface area contributed by atoms with Gasteiger partial charge in [-0.2, -0.15) is 0 Å². The molecule has 0 aliphatic heterocycles. The molecule has 1 atom stereocenters. The van der Waals surface area contributed by atoms with Crippen LogP contribution in [0, 0.1) is 0 Å². The summed E-state index contributed by atoms with van der Waals surface area (Å²) in [6.07, 6.45) is 0. The number of hydrogen-bond acceptors (Lipinski definition) is 7. The predicted molar refractivity (Wildman–Crippen MR) is 117 cm³/mol. The lowest BCUT2D eigenvalue weighted by atomic mass is 10.2. The number of nitrogens with zero attached hydrogens (tertiary/aromatic N) is 3. The Morgan fingerprint density at radius 2 is 1.72 bits per heavy atom. The Kier molecular flexibility index (Phi) is 7.58. The van der Waals surface area contributed by atoms with Gasteiger partial charge in [-0.05, 0) is 36.4 Å². The lowest BCUT2D eigenvalue weighted by Crippen LogP contribution is -2.32. The number of carbonyl (C=O) groups excluding carboxylic acids is 2. The fourth-order valence-corrected chi connectivity index (χ4v) is 3.52. The topological polar surface area (TPSA) is 146 Å². The van der Waals surface area contributed by atoms with Crippen molar-refractivity contribution in [1.29, 1.82) is 0 Å². The number of anilines is 1. The Labute approximate surface area is 187 Å². The molecule has 1 aromatic heterocycles. The van der Waals surface area contributed by atoms with Crippen LogP contribution in [0.5, 0.6) is 0 Å². The van der Waals surface area contributed by atoms with E-state index in [2.05, 4.69) is 20.8 Å². The van der Waals surface area contributed by atoms with Crippen molar-refractivity contribution in [2.75, 3.05) is 17.7 Å². The Morgan fingerprint density at radius 3 is 2.34 bits per heavy atom. The summed E-state index contributed by atoms with van der Waals surface area (Å²) in [5.74, 6) is -1.32. The van der Waals surface area contributed by atoms with E-state index >= 15 is 0 Å². The Morgan fingerprint density at radius 1 is 1.03 bits per heavy atom. The highest BCUT2D eigenvalue weighted by molar-refractivity contribution is 7.99. The molecule has 0 fully saturated rings. The van der Waals surface area contributed by atoms with Crippen molar-refractivity contribution in [3.63, 3.8) is 0 Å². The summed E-state index contributed by atoms with van der Waals surface area (Å²) in [4.78, 5) is 35.5. The standard InChI is InChI=1S/C21H21N5O5S/c1-26-18(16(11-27)23-19(29)13-5-3-2-4-6-13)24-25-21(26)32-12-17(28)22-15-9-7-14(8-10-15)20(30)31/h2-10,16,27H,11-12H2,1H3,(H,22,28)(H,23,29)(H,30,31)/t16-/m0/s1. The minimum absolute atomic E-state index is 0.0345. The Hall–Kier alpha value is -3.70. The summed E-state index contributed by atoms with van der Waals surface area (Å²) in [5.41, 5.74) is 1.06. The van der Waals surface area contributed by atoms with Crippen LogP contribution in [-0.2, 0) is 11.8 Å². The van der Waals surface area contributed by atoms with Gasteiger partial charge in [-0.15, -0.1) is 10.2 Å². The zero-order chi connectivity index (χ0) is 23.1. The third kappa shape index (κ3) is 5.71. The second-order valence-electron chi connectivity index (χ2n) is 6.69. The molecule has 3 rings (SSSR count). The van der Waals surface area contributed by atoms with E-state index in [0.29, 0.717) is 22.2 Å². The second kappa shape index (κ2) is 10.6. The van der Waals surface area contributed by atoms with E-state index in [4.69, 9.17) is 5.11 Å². The number of aromatic nitrogens is 3. The largest absolute Gasteiger partial charge is 0.478 e. The van der Waals surface area contributed by atoms with Gasteiger partial charge in [0.15, 0.2) is 11.0 Å². The van der Waals surface area contributed by atoms with Gasteiger partial charge in [-0.3, -0.25) is 9.59 Å². The molecule has 0 aliphatic carbocycles. The number of aliphatic hydroxyl groups excluding tert-OH is 1. The van der Waals surface area contributed by atoms with Crippen molar-refractivity contribution < 1.29 is 24.6 Å². The summed E-state index contributed by atoms with van der Waals surface area (Å²) < 4.78 is 1.60. The maximum absolute atomic E-state index is 12.4. The molecule has 0 bridgehead atoms. The summed E-state index contributed by atoms with van der Waals surface area (Å²) in [6, 6.07) is 13.7. The van der Waals surface area contributed by atoms with E-state index in [-0.39, 0.29) is 29.7 Å². The number of benzene rings is 2. The first-order valence-electron chi connectivity index (χ1n) is 9.51. The number of aromatic carboxylic acids is 1. The number of hydrogen-bond donors (Lipinski definition) is 4. The smallest absolute Gasteiger partial charge is 0.335 e. The van der Waals surface area contributed by atoms with Crippen molar-refractivity contribution >= 4 is 35.2 Å². The van der Waals surface area contributed by atoms with Crippen molar-refractivity contribution in [2.45, 2.75) is 11.2 Å². The molecule has 0 saturated heterocycles. The monoisotopic (exact) mass is 455 g/mol. The number of rotatable bonds is 9. The van der Waals surface area contributed by atoms with E-state index in [0.717, 1.165) is 11.8 Å². The van der Waals surface area contributed by atoms with Gasteiger partial charge in [0, 0.05) is 18.3 Å². The van der Waals surface area contributed by atoms with Crippen LogP contribution in [0.25, 0.3) is 0 Å². The normalized spacial score (nSPS) is 11.6. The number of carbonyl (C=O) groups is 3. The molecule has 10 nitrogen and oxygen atoms in total. The first-order valence-corrected chi connectivity index (χ1v) is 10.5. The number of thioether (sulfide) groups is 1. The molecule has 0 aliphatic rings. The van der Waals surface area contributed by atoms with E-state index in [9.17, 15) is 19.5 Å². The molecule has 166 valence electrons. The average molecular weight is 455 g/mol. The third-order valence-electron chi connectivity index (χ3n) is 4.45. The van der Waals surface area contributed by atoms with E-state index in [1.54, 1.807) is 41.9 Å². The lowest BCUT2D eigenvalue weighted by Gasteiger charge is -2.16. The van der Waals surface area contributed by atoms with Crippen LogP contribution >= 0.6 is 11.8 Å². The maximum atomic E-state index is 12.4. The molecule has 2 amide bonds. The van der Waals surface area contributed by atoms with Crippen LogP contribution in [0.4, 0.5) is 5.69 Å². The highest BCUT2D eigenvalue weighted by atomic mass is 32.2. The van der Waals surface area contributed by atoms with Crippen molar-refractivity contribution in [3.8, 4) is 0 Å². The zero-order valence-corrected chi connectivity index (χ0v) is 17.9. The molecule has 11 heteroatoms. The summed E-state index contributed by atoms with van der Waals surface area (Å²) in [5, 5.41) is 32.6. The minimum atomic E-state index is -1.04. The van der Waals surface area contributed by atoms with Gasteiger partial charge in [-0.25, -0.2) is 4.79 Å². The molecule has 0 unspecified atom stereocenters. The van der Waals surface area contributed by atoms with Crippen LogP contribution in [0.15, 0.2) is 59.8 Å². The predicted octanol–water partition coefficient (Wildman–Crippen LogP) is 1.71. The third-order valence-corrected chi connectivity index (χ3v) is 5.47. The SMILES string of the molecule is Cn1c(SCC(=O)Nc2ccc(C(=O)O)cc2)nnc1[C@H](CO)NC(=O)c1ccccc1. The van der Waals surface area contributed by atoms with Crippen LogP contribution in [0.3, 0.4) is 0 Å². The molecule has 0 saturated carbocycles. The first-order chi connectivity index (χ1) is 15.4. The molecule has 1 heterocycles. The molecule has 2 aromatic carbocycles. The quantitative estimate of drug-likeness (QED) is 0.357. The molecule has 0 radical (unpaired) electrons. The molecular formula is C21H21N5O5S. The number of carboxylic acid groups (broad SMARTS) is 1. The fourth-order valence-electron chi connectivity index (χ4n) is 2.80. The van der Waals surface area contributed by atoms with Gasteiger partial charge in [0.2, 0.25) is 5.91 Å². The lowest BCUT2D eigenvalue weighted by molar-refractivity contribution is -0.113. The van der Waals surface area contributed by atoms with Gasteiger partial charge in [0.05, 0.1) is 17.9 Å². The molecule has 32 heavy (non-hydrogen) atoms. The molecule has 4 N–H and O–H groups in total. The Bertz CT molecular complexity index is 1100. The van der Waals surface area contributed by atoms with E-state index in [1.165, 1.54) is 24.3 Å². The van der Waals surface area contributed by atoms with E-state index < -0.39 is 12.0 Å². The Balaban J connectivity index is 1.59. The summed E-state index contributed by atoms with van der Waals surface area (Å²) in [6.45, 7) is -0.373. The minimum Gasteiger partial charge on any atom is -0.478 e.